The first-order chi connectivity index (χ1) is 9.69. The van der Waals surface area contributed by atoms with Crippen molar-refractivity contribution >= 4 is 11.9 Å². The second kappa shape index (κ2) is 6.91. The second-order valence-electron chi connectivity index (χ2n) is 4.24. The van der Waals surface area contributed by atoms with E-state index in [0.717, 1.165) is 12.3 Å². The van der Waals surface area contributed by atoms with E-state index in [1.165, 1.54) is 13.0 Å². The number of aromatic nitrogens is 1. The topological polar surface area (TPSA) is 88.5 Å². The number of carbonyl (C=O) groups is 2. The number of nitrogens with one attached hydrogen (secondary N) is 1. The van der Waals surface area contributed by atoms with Crippen LogP contribution in [0.15, 0.2) is 18.3 Å². The highest BCUT2D eigenvalue weighted by molar-refractivity contribution is 5.94. The number of aliphatic carboxylic acids is 1. The number of halogens is 3. The Morgan fingerprint density at radius 3 is 2.57 bits per heavy atom. The molecule has 0 saturated heterocycles. The molecule has 0 bridgehead atoms. The normalized spacial score (nSPS) is 12.6. The number of hydrogen-bond donors (Lipinski definition) is 2. The van der Waals surface area contributed by atoms with Gasteiger partial charge in [0, 0.05) is 18.8 Å². The van der Waals surface area contributed by atoms with Gasteiger partial charge in [-0.1, -0.05) is 6.92 Å². The van der Waals surface area contributed by atoms with Gasteiger partial charge in [-0.15, -0.1) is 0 Å². The van der Waals surface area contributed by atoms with Crippen LogP contribution in [0.5, 0.6) is 5.88 Å². The maximum atomic E-state index is 11.9. The molecule has 0 saturated carbocycles. The second-order valence-corrected chi connectivity index (χ2v) is 4.24. The molecule has 1 heterocycles. The van der Waals surface area contributed by atoms with Crippen molar-refractivity contribution in [1.82, 2.24) is 10.3 Å². The van der Waals surface area contributed by atoms with Gasteiger partial charge in [0.1, 0.15) is 0 Å². The summed E-state index contributed by atoms with van der Waals surface area (Å²) in [6.45, 7) is -0.114. The van der Waals surface area contributed by atoms with Crippen LogP contribution >= 0.6 is 0 Å². The molecule has 0 fully saturated rings. The lowest BCUT2D eigenvalue weighted by Crippen LogP contribution is -2.31. The Hall–Kier alpha value is -2.32. The van der Waals surface area contributed by atoms with Gasteiger partial charge in [0.2, 0.25) is 5.88 Å². The number of pyridine rings is 1. The van der Waals surface area contributed by atoms with Gasteiger partial charge in [-0.2, -0.15) is 13.2 Å². The van der Waals surface area contributed by atoms with Gasteiger partial charge in [-0.25, -0.2) is 4.98 Å². The third-order valence-electron chi connectivity index (χ3n) is 2.37. The van der Waals surface area contributed by atoms with Crippen LogP contribution in [0.3, 0.4) is 0 Å². The number of rotatable bonds is 6. The van der Waals surface area contributed by atoms with Crippen LogP contribution in [-0.2, 0) is 4.79 Å². The van der Waals surface area contributed by atoms with Crippen molar-refractivity contribution in [3.63, 3.8) is 0 Å². The van der Waals surface area contributed by atoms with Crippen molar-refractivity contribution in [3.05, 3.63) is 23.9 Å². The van der Waals surface area contributed by atoms with Gasteiger partial charge < -0.3 is 15.2 Å². The standard InChI is InChI=1S/C12H13F3N2O4/c1-7(11(19)20)4-17-10(18)8-2-3-9(16-5-8)21-6-12(13,14)15/h2-3,5,7H,4,6H2,1H3,(H,17,18)(H,19,20). The maximum Gasteiger partial charge on any atom is 0.422 e. The van der Waals surface area contributed by atoms with Crippen molar-refractivity contribution in [2.45, 2.75) is 13.1 Å². The molecule has 1 rings (SSSR count). The maximum absolute atomic E-state index is 11.9. The first kappa shape index (κ1) is 16.7. The minimum Gasteiger partial charge on any atom is -0.481 e. The number of alkyl halides is 3. The lowest BCUT2D eigenvalue weighted by molar-refractivity contribution is -0.154. The summed E-state index contributed by atoms with van der Waals surface area (Å²) in [6.07, 6.45) is -3.42. The molecule has 0 radical (unpaired) electrons. The zero-order valence-electron chi connectivity index (χ0n) is 11.0. The van der Waals surface area contributed by atoms with Gasteiger partial charge in [0.25, 0.3) is 5.91 Å². The first-order valence-electron chi connectivity index (χ1n) is 5.85. The summed E-state index contributed by atoms with van der Waals surface area (Å²) < 4.78 is 40.2. The van der Waals surface area contributed by atoms with Crippen LogP contribution in [-0.4, -0.2) is 41.3 Å². The summed E-state index contributed by atoms with van der Waals surface area (Å²) in [4.78, 5) is 25.8. The molecular formula is C12H13F3N2O4. The fraction of sp³-hybridized carbons (Fsp3) is 0.417. The van der Waals surface area contributed by atoms with Crippen LogP contribution in [0.25, 0.3) is 0 Å². The largest absolute Gasteiger partial charge is 0.481 e. The molecule has 0 aromatic carbocycles. The minimum atomic E-state index is -4.47. The van der Waals surface area contributed by atoms with E-state index in [-0.39, 0.29) is 18.0 Å². The monoisotopic (exact) mass is 306 g/mol. The number of carboxylic acids is 1. The fourth-order valence-electron chi connectivity index (χ4n) is 1.19. The lowest BCUT2D eigenvalue weighted by atomic mass is 10.2. The number of hydrogen-bond acceptors (Lipinski definition) is 4. The van der Waals surface area contributed by atoms with E-state index < -0.39 is 30.6 Å². The molecule has 116 valence electrons. The summed E-state index contributed by atoms with van der Waals surface area (Å²) >= 11 is 0. The van der Waals surface area contributed by atoms with Gasteiger partial charge >= 0.3 is 12.1 Å². The minimum absolute atomic E-state index is 0.0690. The highest BCUT2D eigenvalue weighted by atomic mass is 19.4. The number of nitrogens with zero attached hydrogens (tertiary/aromatic N) is 1. The van der Waals surface area contributed by atoms with Crippen LogP contribution < -0.4 is 10.1 Å². The van der Waals surface area contributed by atoms with E-state index in [1.54, 1.807) is 0 Å². The summed E-state index contributed by atoms with van der Waals surface area (Å²) in [5, 5.41) is 11.0. The van der Waals surface area contributed by atoms with Crippen LogP contribution in [0.4, 0.5) is 13.2 Å². The summed E-state index contributed by atoms with van der Waals surface area (Å²) in [7, 11) is 0. The molecule has 21 heavy (non-hydrogen) atoms. The van der Waals surface area contributed by atoms with Crippen molar-refractivity contribution in [2.24, 2.45) is 5.92 Å². The number of carboxylic acid groups (broad SMARTS) is 1. The molecule has 0 aliphatic carbocycles. The van der Waals surface area contributed by atoms with Gasteiger partial charge in [-0.05, 0) is 6.07 Å². The van der Waals surface area contributed by atoms with E-state index in [0.29, 0.717) is 0 Å². The van der Waals surface area contributed by atoms with Crippen LogP contribution in [0, 0.1) is 5.92 Å². The van der Waals surface area contributed by atoms with E-state index >= 15 is 0 Å². The number of carbonyl (C=O) groups excluding carboxylic acids is 1. The summed E-state index contributed by atoms with van der Waals surface area (Å²) in [5.74, 6) is -2.64. The molecule has 2 N–H and O–H groups in total. The molecule has 1 aromatic rings. The number of ether oxygens (including phenoxy) is 1. The Balaban J connectivity index is 2.53. The Bertz CT molecular complexity index is 502. The van der Waals surface area contributed by atoms with E-state index in [4.69, 9.17) is 5.11 Å². The van der Waals surface area contributed by atoms with E-state index in [1.807, 2.05) is 0 Å². The van der Waals surface area contributed by atoms with Crippen molar-refractivity contribution in [2.75, 3.05) is 13.2 Å². The van der Waals surface area contributed by atoms with Gasteiger partial charge in [0.05, 0.1) is 11.5 Å². The van der Waals surface area contributed by atoms with Crippen LogP contribution in [0.1, 0.15) is 17.3 Å². The quantitative estimate of drug-likeness (QED) is 0.831. The molecule has 9 heteroatoms. The predicted octanol–water partition coefficient (Wildman–Crippen LogP) is 1.47. The summed E-state index contributed by atoms with van der Waals surface area (Å²) in [5.41, 5.74) is 0.0898. The fourth-order valence-corrected chi connectivity index (χ4v) is 1.19. The molecule has 0 spiro atoms. The molecule has 6 nitrogen and oxygen atoms in total. The molecule has 0 aliphatic heterocycles. The Morgan fingerprint density at radius 1 is 1.43 bits per heavy atom. The third-order valence-corrected chi connectivity index (χ3v) is 2.37. The number of amides is 1. The zero-order chi connectivity index (χ0) is 16.0. The highest BCUT2D eigenvalue weighted by Gasteiger charge is 2.28. The molecule has 1 aromatic heterocycles. The van der Waals surface area contributed by atoms with Crippen molar-refractivity contribution < 1.29 is 32.6 Å². The zero-order valence-corrected chi connectivity index (χ0v) is 11.0. The van der Waals surface area contributed by atoms with Crippen molar-refractivity contribution in [3.8, 4) is 5.88 Å². The Kier molecular flexibility index (Phi) is 5.51. The molecular weight excluding hydrogens is 293 g/mol. The Labute approximate surface area is 117 Å². The highest BCUT2D eigenvalue weighted by Crippen LogP contribution is 2.17. The summed E-state index contributed by atoms with van der Waals surface area (Å²) in [6, 6.07) is 2.36. The predicted molar refractivity (Wildman–Crippen MR) is 64.9 cm³/mol. The smallest absolute Gasteiger partial charge is 0.422 e. The average molecular weight is 306 g/mol. The molecule has 1 amide bonds. The third kappa shape index (κ3) is 6.11. The average Bonchev–Trinajstić information content (AvgIpc) is 2.41. The van der Waals surface area contributed by atoms with Crippen molar-refractivity contribution in [1.29, 1.82) is 0 Å². The SMILES string of the molecule is CC(CNC(=O)c1ccc(OCC(F)(F)F)nc1)C(=O)O. The molecule has 1 atom stereocenters. The molecule has 1 unspecified atom stereocenters. The van der Waals surface area contributed by atoms with Gasteiger partial charge in [0.15, 0.2) is 6.61 Å². The molecule has 0 aliphatic rings. The first-order valence-corrected chi connectivity index (χ1v) is 5.85. The van der Waals surface area contributed by atoms with E-state index in [2.05, 4.69) is 15.0 Å². The Morgan fingerprint density at radius 2 is 2.10 bits per heavy atom. The van der Waals surface area contributed by atoms with Crippen LogP contribution in [0.2, 0.25) is 0 Å². The van der Waals surface area contributed by atoms with Gasteiger partial charge in [-0.3, -0.25) is 9.59 Å². The van der Waals surface area contributed by atoms with E-state index in [9.17, 15) is 22.8 Å². The lowest BCUT2D eigenvalue weighted by Gasteiger charge is -2.10.